The van der Waals surface area contributed by atoms with Crippen LogP contribution >= 0.6 is 0 Å². The van der Waals surface area contributed by atoms with Crippen LogP contribution in [0.1, 0.15) is 25.6 Å². The summed E-state index contributed by atoms with van der Waals surface area (Å²) in [5.74, 6) is 2.05. The van der Waals surface area contributed by atoms with Crippen molar-refractivity contribution in [1.29, 1.82) is 0 Å². The van der Waals surface area contributed by atoms with Gasteiger partial charge in [0.15, 0.2) is 0 Å². The predicted octanol–water partition coefficient (Wildman–Crippen LogP) is 2.31. The molecule has 19 heavy (non-hydrogen) atoms. The lowest BCUT2D eigenvalue weighted by molar-refractivity contribution is 0.180. The highest BCUT2D eigenvalue weighted by molar-refractivity contribution is 5.58. The molecule has 0 aromatic carbocycles. The molecule has 4 heteroatoms. The molecule has 0 amide bonds. The molecule has 0 radical (unpaired) electrons. The van der Waals surface area contributed by atoms with E-state index in [1.165, 1.54) is 25.9 Å². The lowest BCUT2D eigenvalue weighted by atomic mass is 9.94. The average molecular weight is 259 g/mol. The molecule has 4 nitrogen and oxygen atoms in total. The van der Waals surface area contributed by atoms with Crippen LogP contribution in [0.25, 0.3) is 5.52 Å². The summed E-state index contributed by atoms with van der Waals surface area (Å²) in [4.78, 5) is 7.00. The monoisotopic (exact) mass is 259 g/mol. The minimum Gasteiger partial charge on any atom is -0.506 e. The molecule has 0 saturated carbocycles. The van der Waals surface area contributed by atoms with E-state index in [9.17, 15) is 5.11 Å². The summed E-state index contributed by atoms with van der Waals surface area (Å²) in [5.41, 5.74) is 0.806. The lowest BCUT2D eigenvalue weighted by Gasteiger charge is -2.31. The van der Waals surface area contributed by atoms with Crippen molar-refractivity contribution in [3.8, 4) is 5.75 Å². The molecule has 1 N–H and O–H groups in total. The van der Waals surface area contributed by atoms with Gasteiger partial charge in [-0.25, -0.2) is 4.98 Å². The van der Waals surface area contributed by atoms with E-state index in [0.717, 1.165) is 24.3 Å². The second-order valence-electron chi connectivity index (χ2n) is 5.43. The van der Waals surface area contributed by atoms with Crippen molar-refractivity contribution >= 4 is 5.52 Å². The lowest BCUT2D eigenvalue weighted by Crippen LogP contribution is -2.36. The summed E-state index contributed by atoms with van der Waals surface area (Å²) in [5, 5.41) is 9.80. The van der Waals surface area contributed by atoms with Crippen LogP contribution in [0.5, 0.6) is 5.75 Å². The number of piperidine rings is 1. The van der Waals surface area contributed by atoms with Crippen molar-refractivity contribution in [3.05, 3.63) is 30.4 Å². The molecule has 2 aromatic rings. The summed E-state index contributed by atoms with van der Waals surface area (Å²) >= 11 is 0. The Hall–Kier alpha value is -1.55. The number of fused-ring (bicyclic) bond motifs is 1. The molecule has 1 aliphatic rings. The SMILES string of the molecule is CCN1CCCC(Cc2ncc3c(O)cccn23)C1. The van der Waals surface area contributed by atoms with Gasteiger partial charge in [0.05, 0.1) is 6.20 Å². The highest BCUT2D eigenvalue weighted by Gasteiger charge is 2.20. The Labute approximate surface area is 113 Å². The van der Waals surface area contributed by atoms with Gasteiger partial charge in [-0.05, 0) is 44.0 Å². The van der Waals surface area contributed by atoms with Gasteiger partial charge in [-0.15, -0.1) is 0 Å². The standard InChI is InChI=1S/C15H21N3O/c1-2-17-7-3-5-12(11-17)9-15-16-10-13-14(19)6-4-8-18(13)15/h4,6,8,10,12,19H,2-3,5,7,9,11H2,1H3. The molecule has 1 unspecified atom stereocenters. The minimum absolute atomic E-state index is 0.306. The molecular formula is C15H21N3O. The molecular weight excluding hydrogens is 238 g/mol. The van der Waals surface area contributed by atoms with E-state index >= 15 is 0 Å². The maximum Gasteiger partial charge on any atom is 0.141 e. The Bertz CT molecular complexity index is 564. The number of hydrogen-bond acceptors (Lipinski definition) is 3. The quantitative estimate of drug-likeness (QED) is 0.919. The predicted molar refractivity (Wildman–Crippen MR) is 75.4 cm³/mol. The molecule has 1 atom stereocenters. The number of pyridine rings is 1. The average Bonchev–Trinajstić information content (AvgIpc) is 2.84. The van der Waals surface area contributed by atoms with Crippen LogP contribution in [0.3, 0.4) is 0 Å². The van der Waals surface area contributed by atoms with E-state index < -0.39 is 0 Å². The first kappa shape index (κ1) is 12.5. The normalized spacial score (nSPS) is 21.0. The maximum absolute atomic E-state index is 9.80. The van der Waals surface area contributed by atoms with Crippen molar-refractivity contribution in [2.24, 2.45) is 5.92 Å². The van der Waals surface area contributed by atoms with Gasteiger partial charge >= 0.3 is 0 Å². The van der Waals surface area contributed by atoms with Crippen LogP contribution in [0.15, 0.2) is 24.5 Å². The fourth-order valence-electron chi connectivity index (χ4n) is 3.07. The van der Waals surface area contributed by atoms with E-state index in [-0.39, 0.29) is 0 Å². The first-order valence-corrected chi connectivity index (χ1v) is 7.14. The Morgan fingerprint density at radius 1 is 1.47 bits per heavy atom. The molecule has 1 fully saturated rings. The Balaban J connectivity index is 1.80. The van der Waals surface area contributed by atoms with Crippen LogP contribution in [-0.4, -0.2) is 39.0 Å². The van der Waals surface area contributed by atoms with Crippen LogP contribution < -0.4 is 0 Å². The van der Waals surface area contributed by atoms with Crippen LogP contribution in [0.2, 0.25) is 0 Å². The molecule has 2 aromatic heterocycles. The molecule has 0 spiro atoms. The van der Waals surface area contributed by atoms with E-state index in [0.29, 0.717) is 11.7 Å². The fraction of sp³-hybridized carbons (Fsp3) is 0.533. The van der Waals surface area contributed by atoms with Crippen molar-refractivity contribution in [2.75, 3.05) is 19.6 Å². The Morgan fingerprint density at radius 3 is 3.21 bits per heavy atom. The van der Waals surface area contributed by atoms with Crippen LogP contribution in [0.4, 0.5) is 0 Å². The molecule has 1 aliphatic heterocycles. The van der Waals surface area contributed by atoms with Gasteiger partial charge in [0.1, 0.15) is 17.1 Å². The number of aromatic hydroxyl groups is 1. The third-order valence-corrected chi connectivity index (χ3v) is 4.15. The van der Waals surface area contributed by atoms with Gasteiger partial charge in [-0.1, -0.05) is 6.92 Å². The Kier molecular flexibility index (Phi) is 3.42. The smallest absolute Gasteiger partial charge is 0.141 e. The van der Waals surface area contributed by atoms with Crippen LogP contribution in [0, 0.1) is 5.92 Å². The van der Waals surface area contributed by atoms with Crippen molar-refractivity contribution in [3.63, 3.8) is 0 Å². The zero-order valence-electron chi connectivity index (χ0n) is 11.4. The van der Waals surface area contributed by atoms with Gasteiger partial charge in [-0.3, -0.25) is 0 Å². The van der Waals surface area contributed by atoms with Gasteiger partial charge in [0.25, 0.3) is 0 Å². The van der Waals surface area contributed by atoms with Gasteiger partial charge in [-0.2, -0.15) is 0 Å². The summed E-state index contributed by atoms with van der Waals surface area (Å²) < 4.78 is 2.01. The molecule has 0 bridgehead atoms. The number of hydrogen-bond donors (Lipinski definition) is 1. The maximum atomic E-state index is 9.80. The third kappa shape index (κ3) is 2.45. The molecule has 102 valence electrons. The van der Waals surface area contributed by atoms with Crippen molar-refractivity contribution < 1.29 is 5.11 Å². The van der Waals surface area contributed by atoms with Crippen LogP contribution in [-0.2, 0) is 6.42 Å². The van der Waals surface area contributed by atoms with Gasteiger partial charge in [0.2, 0.25) is 0 Å². The van der Waals surface area contributed by atoms with E-state index in [1.807, 2.05) is 16.7 Å². The van der Waals surface area contributed by atoms with Crippen molar-refractivity contribution in [2.45, 2.75) is 26.2 Å². The number of rotatable bonds is 3. The van der Waals surface area contributed by atoms with E-state index in [4.69, 9.17) is 0 Å². The second kappa shape index (κ2) is 5.21. The summed E-state index contributed by atoms with van der Waals surface area (Å²) in [7, 11) is 0. The molecule has 3 rings (SSSR count). The Morgan fingerprint density at radius 2 is 2.37 bits per heavy atom. The molecule has 0 aliphatic carbocycles. The zero-order chi connectivity index (χ0) is 13.2. The van der Waals surface area contributed by atoms with E-state index in [1.54, 1.807) is 12.3 Å². The zero-order valence-corrected chi connectivity index (χ0v) is 11.4. The van der Waals surface area contributed by atoms with E-state index in [2.05, 4.69) is 16.8 Å². The largest absolute Gasteiger partial charge is 0.506 e. The number of aromatic nitrogens is 2. The highest BCUT2D eigenvalue weighted by atomic mass is 16.3. The van der Waals surface area contributed by atoms with Gasteiger partial charge in [0, 0.05) is 19.2 Å². The minimum atomic E-state index is 0.306. The summed E-state index contributed by atoms with van der Waals surface area (Å²) in [6.07, 6.45) is 7.31. The fourth-order valence-corrected chi connectivity index (χ4v) is 3.07. The highest BCUT2D eigenvalue weighted by Crippen LogP contribution is 2.23. The first-order valence-electron chi connectivity index (χ1n) is 7.14. The number of imidazole rings is 1. The summed E-state index contributed by atoms with van der Waals surface area (Å²) in [6.45, 7) is 5.77. The first-order chi connectivity index (χ1) is 9.28. The second-order valence-corrected chi connectivity index (χ2v) is 5.43. The molecule has 3 heterocycles. The van der Waals surface area contributed by atoms with Crippen molar-refractivity contribution in [1.82, 2.24) is 14.3 Å². The topological polar surface area (TPSA) is 40.8 Å². The summed E-state index contributed by atoms with van der Waals surface area (Å²) in [6, 6.07) is 3.58. The third-order valence-electron chi connectivity index (χ3n) is 4.15. The van der Waals surface area contributed by atoms with Gasteiger partial charge < -0.3 is 14.4 Å². The molecule has 1 saturated heterocycles. The number of nitrogens with zero attached hydrogens (tertiary/aromatic N) is 3. The number of likely N-dealkylation sites (tertiary alicyclic amines) is 1.